The molecule has 0 saturated carbocycles. The van der Waals surface area contributed by atoms with Crippen molar-refractivity contribution in [1.82, 2.24) is 4.98 Å². The Kier molecular flexibility index (Phi) is 3.57. The Morgan fingerprint density at radius 3 is 2.63 bits per heavy atom. The summed E-state index contributed by atoms with van der Waals surface area (Å²) in [6.07, 6.45) is 0. The van der Waals surface area contributed by atoms with Crippen LogP contribution in [0.3, 0.4) is 0 Å². The van der Waals surface area contributed by atoms with Crippen molar-refractivity contribution < 1.29 is 4.74 Å². The number of hydrogen-bond acceptors (Lipinski definition) is 5. The Bertz CT molecular complexity index is 617. The second-order valence-electron chi connectivity index (χ2n) is 4.20. The summed E-state index contributed by atoms with van der Waals surface area (Å²) in [5, 5.41) is 2.19. The lowest BCUT2D eigenvalue weighted by molar-refractivity contribution is 0.415. The molecule has 0 N–H and O–H groups in total. The van der Waals surface area contributed by atoms with Crippen molar-refractivity contribution in [2.45, 2.75) is 6.92 Å². The Labute approximate surface area is 120 Å². The third kappa shape index (κ3) is 2.53. The van der Waals surface area contributed by atoms with E-state index >= 15 is 0 Å². The van der Waals surface area contributed by atoms with Crippen LogP contribution in [0.5, 0.6) is 5.75 Å². The van der Waals surface area contributed by atoms with Crippen LogP contribution in [-0.4, -0.2) is 29.4 Å². The van der Waals surface area contributed by atoms with Gasteiger partial charge in [-0.2, -0.15) is 0 Å². The summed E-state index contributed by atoms with van der Waals surface area (Å²) in [5.74, 6) is 1.96. The highest BCUT2D eigenvalue weighted by atomic mass is 32.2. The molecule has 0 bridgehead atoms. The van der Waals surface area contributed by atoms with Crippen molar-refractivity contribution in [2.75, 3.05) is 19.4 Å². The predicted octanol–water partition coefficient (Wildman–Crippen LogP) is 3.62. The highest BCUT2D eigenvalue weighted by molar-refractivity contribution is 8.15. The third-order valence-electron chi connectivity index (χ3n) is 2.91. The molecule has 98 valence electrons. The molecule has 3 nitrogen and oxygen atoms in total. The van der Waals surface area contributed by atoms with Gasteiger partial charge in [-0.15, -0.1) is 23.1 Å². The molecular formula is C14H14N2OS2. The van der Waals surface area contributed by atoms with Gasteiger partial charge in [0.05, 0.1) is 17.7 Å². The van der Waals surface area contributed by atoms with Crippen LogP contribution in [0.1, 0.15) is 10.6 Å². The SMILES string of the molecule is COc1ccc(-c2nc(C)c(C3=NCCS3)s2)cc1. The van der Waals surface area contributed by atoms with Gasteiger partial charge in [-0.1, -0.05) is 0 Å². The molecule has 0 amide bonds. The average Bonchev–Trinajstić information content (AvgIpc) is 3.08. The van der Waals surface area contributed by atoms with Crippen LogP contribution in [0, 0.1) is 6.92 Å². The van der Waals surface area contributed by atoms with Crippen molar-refractivity contribution in [3.8, 4) is 16.3 Å². The van der Waals surface area contributed by atoms with Gasteiger partial charge in [-0.3, -0.25) is 4.99 Å². The summed E-state index contributed by atoms with van der Waals surface area (Å²) in [6, 6.07) is 8.02. The lowest BCUT2D eigenvalue weighted by Crippen LogP contribution is -1.90. The molecule has 0 saturated heterocycles. The standard InChI is InChI=1S/C14H14N2OS2/c1-9-12(14-15-7-8-18-14)19-13(16-9)10-3-5-11(17-2)6-4-10/h3-6H,7-8H2,1-2H3. The fourth-order valence-electron chi connectivity index (χ4n) is 1.92. The lowest BCUT2D eigenvalue weighted by atomic mass is 10.2. The molecule has 2 aromatic rings. The number of methoxy groups -OCH3 is 1. The minimum absolute atomic E-state index is 0.868. The molecular weight excluding hydrogens is 276 g/mol. The van der Waals surface area contributed by atoms with Gasteiger partial charge in [-0.05, 0) is 31.2 Å². The first-order chi connectivity index (χ1) is 9.28. The fraction of sp³-hybridized carbons (Fsp3) is 0.286. The quantitative estimate of drug-likeness (QED) is 0.866. The minimum Gasteiger partial charge on any atom is -0.497 e. The summed E-state index contributed by atoms with van der Waals surface area (Å²) in [7, 11) is 1.68. The van der Waals surface area contributed by atoms with E-state index in [4.69, 9.17) is 4.74 Å². The Hall–Kier alpha value is -1.33. The molecule has 1 aromatic heterocycles. The topological polar surface area (TPSA) is 34.5 Å². The van der Waals surface area contributed by atoms with Crippen LogP contribution in [0.4, 0.5) is 0 Å². The predicted molar refractivity (Wildman–Crippen MR) is 82.7 cm³/mol. The number of aryl methyl sites for hydroxylation is 1. The zero-order valence-electron chi connectivity index (χ0n) is 10.8. The molecule has 1 aliphatic heterocycles. The highest BCUT2D eigenvalue weighted by Gasteiger charge is 2.17. The second kappa shape index (κ2) is 5.35. The van der Waals surface area contributed by atoms with Crippen molar-refractivity contribution >= 4 is 28.1 Å². The van der Waals surface area contributed by atoms with E-state index in [2.05, 4.69) is 16.9 Å². The molecule has 2 heterocycles. The summed E-state index contributed by atoms with van der Waals surface area (Å²) in [5.41, 5.74) is 2.20. The number of rotatable bonds is 3. The van der Waals surface area contributed by atoms with E-state index in [1.165, 1.54) is 4.88 Å². The van der Waals surface area contributed by atoms with E-state index in [-0.39, 0.29) is 0 Å². The molecule has 1 aromatic carbocycles. The fourth-order valence-corrected chi connectivity index (χ4v) is 4.04. The molecule has 5 heteroatoms. The van der Waals surface area contributed by atoms with E-state index in [1.807, 2.05) is 36.0 Å². The zero-order valence-corrected chi connectivity index (χ0v) is 12.5. The zero-order chi connectivity index (χ0) is 13.2. The van der Waals surface area contributed by atoms with E-state index in [1.54, 1.807) is 18.4 Å². The van der Waals surface area contributed by atoms with Gasteiger partial charge >= 0.3 is 0 Å². The number of nitrogens with zero attached hydrogens (tertiary/aromatic N) is 2. The first-order valence-corrected chi connectivity index (χ1v) is 7.87. The van der Waals surface area contributed by atoms with Crippen molar-refractivity contribution in [2.24, 2.45) is 4.99 Å². The molecule has 19 heavy (non-hydrogen) atoms. The molecule has 3 rings (SSSR count). The highest BCUT2D eigenvalue weighted by Crippen LogP contribution is 2.32. The second-order valence-corrected chi connectivity index (χ2v) is 6.28. The maximum atomic E-state index is 5.18. The number of aliphatic imine (C=N–C) groups is 1. The van der Waals surface area contributed by atoms with Crippen LogP contribution >= 0.6 is 23.1 Å². The van der Waals surface area contributed by atoms with Crippen molar-refractivity contribution in [1.29, 1.82) is 0 Å². The number of benzene rings is 1. The van der Waals surface area contributed by atoms with E-state index in [9.17, 15) is 0 Å². The van der Waals surface area contributed by atoms with E-state index < -0.39 is 0 Å². The molecule has 1 aliphatic rings. The summed E-state index contributed by atoms with van der Waals surface area (Å²) >= 11 is 3.54. The molecule has 0 spiro atoms. The van der Waals surface area contributed by atoms with Crippen LogP contribution < -0.4 is 4.74 Å². The third-order valence-corrected chi connectivity index (χ3v) is 5.25. The summed E-state index contributed by atoms with van der Waals surface area (Å²) < 4.78 is 5.18. The number of thioether (sulfide) groups is 1. The number of hydrogen-bond donors (Lipinski definition) is 0. The molecule has 0 fully saturated rings. The lowest BCUT2D eigenvalue weighted by Gasteiger charge is -2.00. The van der Waals surface area contributed by atoms with Gasteiger partial charge in [0.25, 0.3) is 0 Å². The summed E-state index contributed by atoms with van der Waals surface area (Å²) in [4.78, 5) is 10.4. The minimum atomic E-state index is 0.868. The van der Waals surface area contributed by atoms with Crippen LogP contribution in [0.2, 0.25) is 0 Å². The van der Waals surface area contributed by atoms with Gasteiger partial charge < -0.3 is 4.74 Å². The van der Waals surface area contributed by atoms with E-state index in [0.717, 1.165) is 39.4 Å². The largest absolute Gasteiger partial charge is 0.497 e. The maximum Gasteiger partial charge on any atom is 0.124 e. The van der Waals surface area contributed by atoms with Crippen LogP contribution in [-0.2, 0) is 0 Å². The maximum absolute atomic E-state index is 5.18. The van der Waals surface area contributed by atoms with Gasteiger partial charge in [0.15, 0.2) is 0 Å². The van der Waals surface area contributed by atoms with Gasteiger partial charge in [0, 0.05) is 17.9 Å². The first kappa shape index (κ1) is 12.7. The van der Waals surface area contributed by atoms with Gasteiger partial charge in [0.1, 0.15) is 15.8 Å². The summed E-state index contributed by atoms with van der Waals surface area (Å²) in [6.45, 7) is 2.98. The van der Waals surface area contributed by atoms with Crippen LogP contribution in [0.15, 0.2) is 29.3 Å². The molecule has 0 aliphatic carbocycles. The molecule has 0 radical (unpaired) electrons. The van der Waals surface area contributed by atoms with E-state index in [0.29, 0.717) is 0 Å². The normalized spacial score (nSPS) is 14.5. The Balaban J connectivity index is 1.94. The smallest absolute Gasteiger partial charge is 0.124 e. The van der Waals surface area contributed by atoms with Crippen molar-refractivity contribution in [3.05, 3.63) is 34.8 Å². The molecule has 0 unspecified atom stereocenters. The Morgan fingerprint density at radius 1 is 1.21 bits per heavy atom. The van der Waals surface area contributed by atoms with Gasteiger partial charge in [0.2, 0.25) is 0 Å². The number of ether oxygens (including phenoxy) is 1. The monoisotopic (exact) mass is 290 g/mol. The first-order valence-electron chi connectivity index (χ1n) is 6.07. The van der Waals surface area contributed by atoms with Crippen LogP contribution in [0.25, 0.3) is 10.6 Å². The average molecular weight is 290 g/mol. The number of thiazole rings is 1. The molecule has 0 atom stereocenters. The Morgan fingerprint density at radius 2 is 2.00 bits per heavy atom. The van der Waals surface area contributed by atoms with Crippen molar-refractivity contribution in [3.63, 3.8) is 0 Å². The van der Waals surface area contributed by atoms with Gasteiger partial charge in [-0.25, -0.2) is 4.98 Å². The number of aromatic nitrogens is 1.